The topological polar surface area (TPSA) is 9.23 Å². The van der Waals surface area contributed by atoms with Gasteiger partial charge in [-0.15, -0.1) is 0 Å². The summed E-state index contributed by atoms with van der Waals surface area (Å²) in [7, 11) is 0. The minimum atomic E-state index is -0.00392. The first-order valence-corrected chi connectivity index (χ1v) is 13.5. The molecule has 162 valence electrons. The quantitative estimate of drug-likeness (QED) is 0.329. The SMILES string of the molecule is Br[C@H]1[C@H](Br)C[C@@](CCc2ccccc2)(C2CCCCC2)O[C@@H]1CCc1ccccc1. The molecule has 0 aromatic heterocycles. The lowest BCUT2D eigenvalue weighted by molar-refractivity contribution is -0.164. The maximum absolute atomic E-state index is 7.16. The Bertz CT molecular complexity index is 759. The largest absolute Gasteiger partial charge is 0.370 e. The van der Waals surface area contributed by atoms with E-state index in [-0.39, 0.29) is 11.7 Å². The van der Waals surface area contributed by atoms with Crippen LogP contribution in [0.1, 0.15) is 62.5 Å². The summed E-state index contributed by atoms with van der Waals surface area (Å²) >= 11 is 8.06. The highest BCUT2D eigenvalue weighted by atomic mass is 79.9. The molecule has 3 heteroatoms. The van der Waals surface area contributed by atoms with Gasteiger partial charge in [0, 0.05) is 4.83 Å². The molecule has 4 rings (SSSR count). The highest BCUT2D eigenvalue weighted by Crippen LogP contribution is 2.48. The van der Waals surface area contributed by atoms with Crippen LogP contribution in [0.25, 0.3) is 0 Å². The lowest BCUT2D eigenvalue weighted by Crippen LogP contribution is -2.55. The third-order valence-electron chi connectivity index (χ3n) is 7.22. The molecule has 2 aromatic carbocycles. The van der Waals surface area contributed by atoms with Gasteiger partial charge in [-0.2, -0.15) is 0 Å². The summed E-state index contributed by atoms with van der Waals surface area (Å²) in [6.07, 6.45) is 12.5. The monoisotopic (exact) mass is 532 g/mol. The van der Waals surface area contributed by atoms with Gasteiger partial charge < -0.3 is 4.74 Å². The van der Waals surface area contributed by atoms with Gasteiger partial charge in [0.1, 0.15) is 0 Å². The molecule has 1 saturated carbocycles. The highest BCUT2D eigenvalue weighted by Gasteiger charge is 2.49. The molecule has 1 saturated heterocycles. The maximum Gasteiger partial charge on any atom is 0.0729 e. The molecule has 30 heavy (non-hydrogen) atoms. The molecule has 1 nitrogen and oxygen atoms in total. The van der Waals surface area contributed by atoms with Crippen LogP contribution in [0.15, 0.2) is 60.7 Å². The van der Waals surface area contributed by atoms with Gasteiger partial charge in [0.15, 0.2) is 0 Å². The number of benzene rings is 2. The fourth-order valence-electron chi connectivity index (χ4n) is 5.52. The normalized spacial score (nSPS) is 30.3. The van der Waals surface area contributed by atoms with E-state index in [9.17, 15) is 0 Å². The van der Waals surface area contributed by atoms with E-state index in [0.29, 0.717) is 15.6 Å². The van der Waals surface area contributed by atoms with E-state index in [1.165, 1.54) is 43.2 Å². The van der Waals surface area contributed by atoms with Crippen LogP contribution in [-0.2, 0) is 17.6 Å². The smallest absolute Gasteiger partial charge is 0.0729 e. The Labute approximate surface area is 199 Å². The second-order valence-electron chi connectivity index (χ2n) is 9.23. The van der Waals surface area contributed by atoms with Crippen molar-refractivity contribution >= 4 is 31.9 Å². The molecule has 1 heterocycles. The number of hydrogen-bond donors (Lipinski definition) is 0. The molecular weight excluding hydrogens is 500 g/mol. The lowest BCUT2D eigenvalue weighted by Gasteiger charge is -2.51. The third-order valence-corrected chi connectivity index (χ3v) is 10.0. The average Bonchev–Trinajstić information content (AvgIpc) is 2.81. The Morgan fingerprint density at radius 1 is 0.800 bits per heavy atom. The van der Waals surface area contributed by atoms with E-state index in [0.717, 1.165) is 32.1 Å². The minimum Gasteiger partial charge on any atom is -0.370 e. The van der Waals surface area contributed by atoms with E-state index in [1.807, 2.05) is 0 Å². The van der Waals surface area contributed by atoms with E-state index in [1.54, 1.807) is 0 Å². The zero-order valence-electron chi connectivity index (χ0n) is 17.8. The van der Waals surface area contributed by atoms with Crippen LogP contribution in [-0.4, -0.2) is 21.4 Å². The maximum atomic E-state index is 7.16. The van der Waals surface area contributed by atoms with Gasteiger partial charge in [-0.05, 0) is 62.0 Å². The molecule has 1 aliphatic heterocycles. The zero-order chi connectivity index (χ0) is 20.8. The van der Waals surface area contributed by atoms with Gasteiger partial charge in [0.2, 0.25) is 0 Å². The van der Waals surface area contributed by atoms with Gasteiger partial charge in [-0.3, -0.25) is 0 Å². The van der Waals surface area contributed by atoms with Crippen molar-refractivity contribution in [3.05, 3.63) is 71.8 Å². The fraction of sp³-hybridized carbons (Fsp3) is 0.556. The molecule has 2 aromatic rings. The van der Waals surface area contributed by atoms with E-state index in [2.05, 4.69) is 92.5 Å². The van der Waals surface area contributed by atoms with Crippen molar-refractivity contribution in [3.8, 4) is 0 Å². The van der Waals surface area contributed by atoms with Gasteiger partial charge in [0.05, 0.1) is 16.5 Å². The first-order chi connectivity index (χ1) is 14.7. The predicted octanol–water partition coefficient (Wildman–Crippen LogP) is 7.89. The van der Waals surface area contributed by atoms with Crippen LogP contribution in [0.3, 0.4) is 0 Å². The van der Waals surface area contributed by atoms with Crippen LogP contribution in [0, 0.1) is 5.92 Å². The average molecular weight is 534 g/mol. The number of alkyl halides is 2. The molecule has 0 bridgehead atoms. The fourth-order valence-corrected chi connectivity index (χ4v) is 6.97. The minimum absolute atomic E-state index is 0.00392. The van der Waals surface area contributed by atoms with E-state index >= 15 is 0 Å². The predicted molar refractivity (Wildman–Crippen MR) is 134 cm³/mol. The Balaban J connectivity index is 1.52. The number of halogens is 2. The first kappa shape index (κ1) is 22.6. The van der Waals surface area contributed by atoms with Gasteiger partial charge in [0.25, 0.3) is 0 Å². The van der Waals surface area contributed by atoms with Crippen molar-refractivity contribution in [1.29, 1.82) is 0 Å². The van der Waals surface area contributed by atoms with Gasteiger partial charge >= 0.3 is 0 Å². The van der Waals surface area contributed by atoms with Crippen LogP contribution in [0.5, 0.6) is 0 Å². The van der Waals surface area contributed by atoms with Crippen molar-refractivity contribution in [2.45, 2.75) is 85.6 Å². The molecule has 1 aliphatic carbocycles. The van der Waals surface area contributed by atoms with E-state index in [4.69, 9.17) is 4.74 Å². The molecule has 0 radical (unpaired) electrons. The van der Waals surface area contributed by atoms with Crippen molar-refractivity contribution < 1.29 is 4.74 Å². The Kier molecular flexibility index (Phi) is 8.11. The summed E-state index contributed by atoms with van der Waals surface area (Å²) in [5.74, 6) is 0.689. The molecular formula is C27H34Br2O. The Morgan fingerprint density at radius 2 is 1.40 bits per heavy atom. The number of aryl methyl sites for hydroxylation is 2. The first-order valence-electron chi connectivity index (χ1n) is 11.7. The molecule has 0 spiro atoms. The molecule has 0 N–H and O–H groups in total. The molecule has 2 fully saturated rings. The summed E-state index contributed by atoms with van der Waals surface area (Å²) in [6.45, 7) is 0. The summed E-state index contributed by atoms with van der Waals surface area (Å²) in [5.41, 5.74) is 2.84. The summed E-state index contributed by atoms with van der Waals surface area (Å²) < 4.78 is 7.16. The van der Waals surface area contributed by atoms with Crippen molar-refractivity contribution in [2.75, 3.05) is 0 Å². The zero-order valence-corrected chi connectivity index (χ0v) is 21.0. The second kappa shape index (κ2) is 10.8. The van der Waals surface area contributed by atoms with E-state index < -0.39 is 0 Å². The summed E-state index contributed by atoms with van der Waals surface area (Å²) in [5, 5.41) is 0. The highest BCUT2D eigenvalue weighted by molar-refractivity contribution is 9.12. The Hall–Kier alpha value is -0.640. The van der Waals surface area contributed by atoms with Crippen LogP contribution >= 0.6 is 31.9 Å². The summed E-state index contributed by atoms with van der Waals surface area (Å²) in [4.78, 5) is 0.833. The third kappa shape index (κ3) is 5.58. The molecule has 0 amide bonds. The van der Waals surface area contributed by atoms with Crippen molar-refractivity contribution in [1.82, 2.24) is 0 Å². The number of hydrogen-bond acceptors (Lipinski definition) is 1. The summed E-state index contributed by atoms with van der Waals surface area (Å²) in [6, 6.07) is 21.8. The van der Waals surface area contributed by atoms with Gasteiger partial charge in [-0.1, -0.05) is 112 Å². The lowest BCUT2D eigenvalue weighted by atomic mass is 9.70. The van der Waals surface area contributed by atoms with Crippen molar-refractivity contribution in [2.24, 2.45) is 5.92 Å². The molecule has 0 unspecified atom stereocenters. The molecule has 2 aliphatic rings. The van der Waals surface area contributed by atoms with Gasteiger partial charge in [-0.25, -0.2) is 0 Å². The van der Waals surface area contributed by atoms with Crippen molar-refractivity contribution in [3.63, 3.8) is 0 Å². The number of ether oxygens (including phenoxy) is 1. The molecule has 4 atom stereocenters. The second-order valence-corrected chi connectivity index (χ2v) is 11.5. The van der Waals surface area contributed by atoms with Crippen LogP contribution in [0.2, 0.25) is 0 Å². The standard InChI is InChI=1S/C27H34Br2O/c28-24-20-27(23-14-8-3-9-15-23,19-18-22-12-6-2-7-13-22)30-25(26(24)29)17-16-21-10-4-1-5-11-21/h1-2,4-7,10-13,23-26H,3,8-9,14-20H2/t24-,25-,26+,27+/m1/s1. The number of rotatable bonds is 7. The van der Waals surface area contributed by atoms with Crippen LogP contribution < -0.4 is 0 Å². The van der Waals surface area contributed by atoms with Crippen LogP contribution in [0.4, 0.5) is 0 Å². The Morgan fingerprint density at radius 3 is 2.03 bits per heavy atom.